The first kappa shape index (κ1) is 12.4. The second-order valence-corrected chi connectivity index (χ2v) is 3.29. The van der Waals surface area contributed by atoms with Gasteiger partial charge in [-0.05, 0) is 32.3 Å². The fourth-order valence-electron chi connectivity index (χ4n) is 1.15. The van der Waals surface area contributed by atoms with Crippen LogP contribution in [-0.2, 0) is 4.79 Å². The third kappa shape index (κ3) is 11.4. The first-order valence-corrected chi connectivity index (χ1v) is 5.05. The molecular formula is C11H20O2. The molecule has 0 heterocycles. The molecule has 0 aromatic carbocycles. The van der Waals surface area contributed by atoms with Gasteiger partial charge in [0.25, 0.3) is 0 Å². The fraction of sp³-hybridized carbons (Fsp3) is 0.727. The summed E-state index contributed by atoms with van der Waals surface area (Å²) in [4.78, 5) is 10.5. The summed E-state index contributed by atoms with van der Waals surface area (Å²) in [7, 11) is 0. The van der Waals surface area contributed by atoms with E-state index in [9.17, 15) is 4.79 Å². The van der Waals surface area contributed by atoms with Gasteiger partial charge in [-0.2, -0.15) is 0 Å². The normalized spacial score (nSPS) is 10.9. The molecule has 0 aliphatic rings. The summed E-state index contributed by atoms with van der Waals surface area (Å²) in [6.45, 7) is 1.88. The Morgan fingerprint density at radius 1 is 1.15 bits per heavy atom. The van der Waals surface area contributed by atoms with Gasteiger partial charge in [-0.15, -0.1) is 0 Å². The van der Waals surface area contributed by atoms with Gasteiger partial charge < -0.3 is 5.11 Å². The fourth-order valence-corrected chi connectivity index (χ4v) is 1.15. The van der Waals surface area contributed by atoms with Crippen molar-refractivity contribution in [3.63, 3.8) is 0 Å². The van der Waals surface area contributed by atoms with Crippen molar-refractivity contribution in [2.24, 2.45) is 0 Å². The molecule has 0 fully saturated rings. The third-order valence-electron chi connectivity index (χ3n) is 1.88. The minimum absolute atomic E-state index is 0.125. The van der Waals surface area contributed by atoms with Crippen LogP contribution in [0, 0.1) is 0 Å². The molecule has 2 nitrogen and oxygen atoms in total. The molecule has 0 amide bonds. The van der Waals surface area contributed by atoms with Crippen LogP contribution in [0.5, 0.6) is 0 Å². The number of aliphatic hydroxyl groups excluding tert-OH is 1. The molecule has 13 heavy (non-hydrogen) atoms. The van der Waals surface area contributed by atoms with Gasteiger partial charge >= 0.3 is 0 Å². The predicted molar refractivity (Wildman–Crippen MR) is 54.6 cm³/mol. The average molecular weight is 184 g/mol. The highest BCUT2D eigenvalue weighted by Gasteiger charge is 1.88. The molecule has 0 rings (SSSR count). The van der Waals surface area contributed by atoms with Crippen molar-refractivity contribution in [1.29, 1.82) is 0 Å². The van der Waals surface area contributed by atoms with Crippen LogP contribution in [0.4, 0.5) is 0 Å². The van der Waals surface area contributed by atoms with Gasteiger partial charge in [0.2, 0.25) is 0 Å². The lowest BCUT2D eigenvalue weighted by molar-refractivity contribution is -0.112. The maximum atomic E-state index is 10.5. The summed E-state index contributed by atoms with van der Waals surface area (Å²) < 4.78 is 0. The van der Waals surface area contributed by atoms with E-state index in [1.165, 1.54) is 12.8 Å². The molecule has 0 spiro atoms. The van der Waals surface area contributed by atoms with Crippen LogP contribution in [0.2, 0.25) is 0 Å². The van der Waals surface area contributed by atoms with E-state index in [2.05, 4.69) is 0 Å². The summed E-state index contributed by atoms with van der Waals surface area (Å²) in [5.41, 5.74) is 0. The minimum atomic E-state index is 0.125. The maximum Gasteiger partial charge on any atom is 0.152 e. The number of unbranched alkanes of at least 4 members (excludes halogenated alkanes) is 5. The molecule has 76 valence electrons. The van der Waals surface area contributed by atoms with Crippen LogP contribution in [0.15, 0.2) is 12.2 Å². The zero-order valence-electron chi connectivity index (χ0n) is 8.46. The number of aliphatic hydroxyl groups is 1. The van der Waals surface area contributed by atoms with E-state index in [4.69, 9.17) is 5.11 Å². The standard InChI is InChI=1S/C11H20O2/c1-11(13)9-7-5-3-2-4-6-8-10-12/h7,9,12H,2-6,8,10H2,1H3/b9-7-. The second kappa shape index (κ2) is 9.46. The Bertz CT molecular complexity index is 150. The van der Waals surface area contributed by atoms with E-state index in [0.29, 0.717) is 6.61 Å². The summed E-state index contributed by atoms with van der Waals surface area (Å²) >= 11 is 0. The van der Waals surface area contributed by atoms with E-state index in [-0.39, 0.29) is 5.78 Å². The highest BCUT2D eigenvalue weighted by atomic mass is 16.2. The number of allylic oxidation sites excluding steroid dienone is 2. The molecule has 0 aromatic heterocycles. The van der Waals surface area contributed by atoms with Crippen LogP contribution in [0.25, 0.3) is 0 Å². The molecule has 0 aliphatic heterocycles. The van der Waals surface area contributed by atoms with Crippen molar-refractivity contribution in [2.75, 3.05) is 6.61 Å². The lowest BCUT2D eigenvalue weighted by atomic mass is 10.1. The third-order valence-corrected chi connectivity index (χ3v) is 1.88. The molecule has 0 aromatic rings. The van der Waals surface area contributed by atoms with E-state index in [0.717, 1.165) is 25.7 Å². The van der Waals surface area contributed by atoms with Gasteiger partial charge in [-0.3, -0.25) is 4.79 Å². The topological polar surface area (TPSA) is 37.3 Å². The number of carbonyl (C=O) groups excluding carboxylic acids is 1. The number of carbonyl (C=O) groups is 1. The van der Waals surface area contributed by atoms with Crippen LogP contribution in [0.1, 0.15) is 45.4 Å². The highest BCUT2D eigenvalue weighted by Crippen LogP contribution is 2.05. The van der Waals surface area contributed by atoms with Crippen LogP contribution in [0.3, 0.4) is 0 Å². The molecule has 0 aliphatic carbocycles. The molecule has 0 atom stereocenters. The van der Waals surface area contributed by atoms with Gasteiger partial charge in [0.05, 0.1) is 0 Å². The largest absolute Gasteiger partial charge is 0.396 e. The first-order valence-electron chi connectivity index (χ1n) is 5.05. The number of ketones is 1. The monoisotopic (exact) mass is 184 g/mol. The Labute approximate surface area is 80.7 Å². The molecule has 0 saturated carbocycles. The molecule has 2 heteroatoms. The van der Waals surface area contributed by atoms with E-state index >= 15 is 0 Å². The SMILES string of the molecule is CC(=O)/C=C\CCCCCCCO. The van der Waals surface area contributed by atoms with Gasteiger partial charge in [0.15, 0.2) is 5.78 Å². The first-order chi connectivity index (χ1) is 6.27. The van der Waals surface area contributed by atoms with Crippen molar-refractivity contribution in [2.45, 2.75) is 45.4 Å². The van der Waals surface area contributed by atoms with Crippen LogP contribution < -0.4 is 0 Å². The quantitative estimate of drug-likeness (QED) is 0.465. The summed E-state index contributed by atoms with van der Waals surface area (Å²) in [6, 6.07) is 0. The molecule has 0 bridgehead atoms. The maximum absolute atomic E-state index is 10.5. The zero-order chi connectivity index (χ0) is 9.94. The highest BCUT2D eigenvalue weighted by molar-refractivity contribution is 5.87. The molecule has 0 saturated heterocycles. The van der Waals surface area contributed by atoms with Crippen molar-refractivity contribution in [1.82, 2.24) is 0 Å². The molecule has 0 radical (unpaired) electrons. The van der Waals surface area contributed by atoms with Crippen molar-refractivity contribution in [3.05, 3.63) is 12.2 Å². The summed E-state index contributed by atoms with van der Waals surface area (Å²) in [5, 5.41) is 8.52. The van der Waals surface area contributed by atoms with Crippen molar-refractivity contribution >= 4 is 5.78 Å². The van der Waals surface area contributed by atoms with Crippen LogP contribution in [-0.4, -0.2) is 17.5 Å². The van der Waals surface area contributed by atoms with E-state index < -0.39 is 0 Å². The van der Waals surface area contributed by atoms with Crippen molar-refractivity contribution < 1.29 is 9.90 Å². The second-order valence-electron chi connectivity index (χ2n) is 3.29. The lowest BCUT2D eigenvalue weighted by Crippen LogP contribution is -1.83. The zero-order valence-corrected chi connectivity index (χ0v) is 8.46. The summed E-state index contributed by atoms with van der Waals surface area (Å²) in [6.07, 6.45) is 10.1. The molecular weight excluding hydrogens is 164 g/mol. The Hall–Kier alpha value is -0.630. The number of hydrogen-bond acceptors (Lipinski definition) is 2. The number of hydrogen-bond donors (Lipinski definition) is 1. The van der Waals surface area contributed by atoms with Gasteiger partial charge in [0.1, 0.15) is 0 Å². The summed E-state index contributed by atoms with van der Waals surface area (Å²) in [5.74, 6) is 0.125. The van der Waals surface area contributed by atoms with Gasteiger partial charge in [-0.1, -0.05) is 25.3 Å². The Morgan fingerprint density at radius 2 is 1.77 bits per heavy atom. The predicted octanol–water partition coefficient (Wildman–Crippen LogP) is 2.46. The van der Waals surface area contributed by atoms with Gasteiger partial charge in [0, 0.05) is 6.61 Å². The molecule has 0 unspecified atom stereocenters. The average Bonchev–Trinajstić information content (AvgIpc) is 2.09. The van der Waals surface area contributed by atoms with E-state index in [1.807, 2.05) is 6.08 Å². The Kier molecular flexibility index (Phi) is 9.00. The van der Waals surface area contributed by atoms with Crippen LogP contribution >= 0.6 is 0 Å². The minimum Gasteiger partial charge on any atom is -0.396 e. The lowest BCUT2D eigenvalue weighted by Gasteiger charge is -1.96. The van der Waals surface area contributed by atoms with Crippen molar-refractivity contribution in [3.8, 4) is 0 Å². The molecule has 1 N–H and O–H groups in total. The van der Waals surface area contributed by atoms with E-state index in [1.54, 1.807) is 13.0 Å². The Morgan fingerprint density at radius 3 is 2.38 bits per heavy atom. The number of rotatable bonds is 8. The smallest absolute Gasteiger partial charge is 0.152 e. The van der Waals surface area contributed by atoms with Gasteiger partial charge in [-0.25, -0.2) is 0 Å². The Balaban J connectivity index is 3.03.